The highest BCUT2D eigenvalue weighted by Gasteiger charge is 2.18. The Bertz CT molecular complexity index is 772. The average Bonchev–Trinajstić information content (AvgIpc) is 2.79. The molecule has 0 aliphatic carbocycles. The average molecular weight is 378 g/mol. The van der Waals surface area contributed by atoms with E-state index in [1.165, 1.54) is 6.07 Å². The van der Waals surface area contributed by atoms with E-state index in [1.807, 2.05) is 0 Å². The first-order chi connectivity index (χ1) is 9.29. The van der Waals surface area contributed by atoms with Crippen molar-refractivity contribution < 1.29 is 18.4 Å². The first-order valence-corrected chi connectivity index (χ1v) is 8.12. The van der Waals surface area contributed by atoms with E-state index in [0.717, 1.165) is 29.5 Å². The summed E-state index contributed by atoms with van der Waals surface area (Å²) < 4.78 is 26.7. The van der Waals surface area contributed by atoms with Gasteiger partial charge in [0.1, 0.15) is 4.21 Å². The van der Waals surface area contributed by atoms with Crippen molar-refractivity contribution in [2.75, 3.05) is 4.72 Å². The molecule has 1 N–H and O–H groups in total. The number of benzene rings is 1. The molecule has 1 aromatic carbocycles. The predicted molar refractivity (Wildman–Crippen MR) is 75.4 cm³/mol. The van der Waals surface area contributed by atoms with Crippen molar-refractivity contribution in [3.05, 3.63) is 44.2 Å². The van der Waals surface area contributed by atoms with E-state index >= 15 is 0 Å². The maximum absolute atomic E-state index is 12.0. The van der Waals surface area contributed by atoms with Gasteiger partial charge in [-0.2, -0.15) is 0 Å². The Labute approximate surface area is 126 Å². The standard InChI is InChI=1S/C10H7BrN2O5S2/c11-9-3-4-10(19-9)20(17,18)12-7-5-6(13(15)16)1-2-8(7)14/h1-5,12,14H/p-1. The molecular weight excluding hydrogens is 372 g/mol. The molecular formula is C10H6BrN2O5S2-. The van der Waals surface area contributed by atoms with Gasteiger partial charge in [-0.1, -0.05) is 11.8 Å². The van der Waals surface area contributed by atoms with Crippen LogP contribution in [0, 0.1) is 10.1 Å². The van der Waals surface area contributed by atoms with E-state index in [0.29, 0.717) is 3.79 Å². The molecule has 106 valence electrons. The first-order valence-electron chi connectivity index (χ1n) is 5.03. The Morgan fingerprint density at radius 1 is 1.25 bits per heavy atom. The number of rotatable bonds is 4. The zero-order valence-corrected chi connectivity index (χ0v) is 12.8. The topological polar surface area (TPSA) is 112 Å². The van der Waals surface area contributed by atoms with Gasteiger partial charge in [-0.05, 0) is 28.1 Å². The number of anilines is 1. The summed E-state index contributed by atoms with van der Waals surface area (Å²) in [5, 5.41) is 22.2. The molecule has 7 nitrogen and oxygen atoms in total. The van der Waals surface area contributed by atoms with Crippen LogP contribution >= 0.6 is 27.3 Å². The first kappa shape index (κ1) is 14.8. The SMILES string of the molecule is O=[N+]([O-])c1ccc([O-])c(NS(=O)(=O)c2ccc(Br)s2)c1. The predicted octanol–water partition coefficient (Wildman–Crippen LogP) is 2.29. The monoisotopic (exact) mass is 377 g/mol. The molecule has 1 heterocycles. The fourth-order valence-electron chi connectivity index (χ4n) is 1.35. The third-order valence-electron chi connectivity index (χ3n) is 2.23. The van der Waals surface area contributed by atoms with Crippen LogP contribution in [0.15, 0.2) is 38.3 Å². The minimum atomic E-state index is -3.94. The Balaban J connectivity index is 2.39. The zero-order valence-electron chi connectivity index (χ0n) is 9.57. The molecule has 20 heavy (non-hydrogen) atoms. The van der Waals surface area contributed by atoms with Gasteiger partial charge in [0.25, 0.3) is 15.7 Å². The van der Waals surface area contributed by atoms with Crippen molar-refractivity contribution in [1.82, 2.24) is 0 Å². The fraction of sp³-hybridized carbons (Fsp3) is 0. The lowest BCUT2D eigenvalue weighted by Gasteiger charge is -2.14. The number of hydrogen-bond donors (Lipinski definition) is 1. The minimum absolute atomic E-state index is 0.00437. The second kappa shape index (κ2) is 5.38. The number of halogens is 1. The summed E-state index contributed by atoms with van der Waals surface area (Å²) >= 11 is 4.09. The van der Waals surface area contributed by atoms with E-state index in [-0.39, 0.29) is 15.6 Å². The molecule has 0 fully saturated rings. The van der Waals surface area contributed by atoms with Gasteiger partial charge in [0.15, 0.2) is 0 Å². The van der Waals surface area contributed by atoms with Crippen molar-refractivity contribution >= 4 is 48.7 Å². The number of nitro groups is 1. The molecule has 1 aromatic heterocycles. The molecule has 0 spiro atoms. The Hall–Kier alpha value is -1.65. The van der Waals surface area contributed by atoms with Crippen LogP contribution in [0.2, 0.25) is 0 Å². The summed E-state index contributed by atoms with van der Waals surface area (Å²) in [6.07, 6.45) is 0. The van der Waals surface area contributed by atoms with E-state index in [4.69, 9.17) is 0 Å². The smallest absolute Gasteiger partial charge is 0.271 e. The highest BCUT2D eigenvalue weighted by Crippen LogP contribution is 2.31. The maximum atomic E-state index is 12.0. The van der Waals surface area contributed by atoms with Crippen molar-refractivity contribution in [2.24, 2.45) is 0 Å². The number of nitrogens with one attached hydrogen (secondary N) is 1. The molecule has 0 unspecified atom stereocenters. The fourth-order valence-corrected chi connectivity index (χ4v) is 4.42. The third-order valence-corrected chi connectivity index (χ3v) is 5.71. The van der Waals surface area contributed by atoms with Crippen molar-refractivity contribution in [2.45, 2.75) is 4.21 Å². The summed E-state index contributed by atoms with van der Waals surface area (Å²) in [5.41, 5.74) is -0.724. The molecule has 2 rings (SSSR count). The van der Waals surface area contributed by atoms with Crippen LogP contribution in [-0.4, -0.2) is 13.3 Å². The molecule has 0 aliphatic rings. The van der Waals surface area contributed by atoms with Crippen LogP contribution in [0.3, 0.4) is 0 Å². The summed E-state index contributed by atoms with van der Waals surface area (Å²) in [5.74, 6) is -0.644. The van der Waals surface area contributed by atoms with Gasteiger partial charge in [0.2, 0.25) is 0 Å². The number of non-ortho nitro benzene ring substituents is 1. The summed E-state index contributed by atoms with van der Waals surface area (Å²) in [4.78, 5) is 9.92. The number of sulfonamides is 1. The zero-order chi connectivity index (χ0) is 14.9. The van der Waals surface area contributed by atoms with Crippen LogP contribution in [0.4, 0.5) is 11.4 Å². The third kappa shape index (κ3) is 3.08. The van der Waals surface area contributed by atoms with E-state index in [9.17, 15) is 23.6 Å². The van der Waals surface area contributed by atoms with Gasteiger partial charge >= 0.3 is 0 Å². The number of nitrogens with zero attached hydrogens (tertiary/aromatic N) is 1. The number of nitro benzene ring substituents is 1. The van der Waals surface area contributed by atoms with Gasteiger partial charge in [-0.3, -0.25) is 14.8 Å². The minimum Gasteiger partial charge on any atom is -0.871 e. The van der Waals surface area contributed by atoms with Gasteiger partial charge in [-0.15, -0.1) is 11.3 Å². The van der Waals surface area contributed by atoms with Crippen molar-refractivity contribution in [3.63, 3.8) is 0 Å². The van der Waals surface area contributed by atoms with Crippen LogP contribution in [0.25, 0.3) is 0 Å². The molecule has 10 heteroatoms. The van der Waals surface area contributed by atoms with Crippen LogP contribution in [0.5, 0.6) is 5.75 Å². The summed E-state index contributed by atoms with van der Waals surface area (Å²) in [6, 6.07) is 5.76. The van der Waals surface area contributed by atoms with Gasteiger partial charge in [-0.25, -0.2) is 8.42 Å². The van der Waals surface area contributed by atoms with Crippen molar-refractivity contribution in [1.29, 1.82) is 0 Å². The Morgan fingerprint density at radius 3 is 2.50 bits per heavy atom. The van der Waals surface area contributed by atoms with Gasteiger partial charge in [0, 0.05) is 17.8 Å². The summed E-state index contributed by atoms with van der Waals surface area (Å²) in [7, 11) is -3.94. The van der Waals surface area contributed by atoms with Crippen molar-refractivity contribution in [3.8, 4) is 5.75 Å². The maximum Gasteiger partial charge on any atom is 0.271 e. The molecule has 2 aromatic rings. The Kier molecular flexibility index (Phi) is 3.97. The van der Waals surface area contributed by atoms with Gasteiger partial charge < -0.3 is 5.11 Å². The second-order valence-corrected chi connectivity index (χ2v) is 7.97. The van der Waals surface area contributed by atoms with Crippen LogP contribution < -0.4 is 9.83 Å². The van der Waals surface area contributed by atoms with E-state index in [2.05, 4.69) is 20.7 Å². The van der Waals surface area contributed by atoms with Crippen LogP contribution in [-0.2, 0) is 10.0 Å². The second-order valence-electron chi connectivity index (χ2n) is 3.60. The van der Waals surface area contributed by atoms with E-state index < -0.39 is 20.7 Å². The highest BCUT2D eigenvalue weighted by atomic mass is 79.9. The van der Waals surface area contributed by atoms with Crippen LogP contribution in [0.1, 0.15) is 0 Å². The molecule has 0 radical (unpaired) electrons. The normalized spacial score (nSPS) is 11.2. The Morgan fingerprint density at radius 2 is 1.95 bits per heavy atom. The quantitative estimate of drug-likeness (QED) is 0.648. The lowest BCUT2D eigenvalue weighted by molar-refractivity contribution is -0.385. The number of thiophene rings is 1. The largest absolute Gasteiger partial charge is 0.871 e. The molecule has 0 amide bonds. The lowest BCUT2D eigenvalue weighted by Crippen LogP contribution is -2.13. The molecule has 0 aliphatic heterocycles. The highest BCUT2D eigenvalue weighted by molar-refractivity contribution is 9.11. The van der Waals surface area contributed by atoms with Gasteiger partial charge in [0.05, 0.1) is 8.71 Å². The molecule has 0 saturated heterocycles. The molecule has 0 bridgehead atoms. The van der Waals surface area contributed by atoms with E-state index in [1.54, 1.807) is 6.07 Å². The summed E-state index contributed by atoms with van der Waals surface area (Å²) in [6.45, 7) is 0. The molecule has 0 atom stereocenters. The lowest BCUT2D eigenvalue weighted by atomic mass is 10.2. The number of hydrogen-bond acceptors (Lipinski definition) is 6. The molecule has 0 saturated carbocycles.